The maximum absolute atomic E-state index is 13.2. The average molecular weight is 456 g/mol. The quantitative estimate of drug-likeness (QED) is 0.597. The fourth-order valence-electron chi connectivity index (χ4n) is 3.74. The van der Waals surface area contributed by atoms with Gasteiger partial charge in [-0.15, -0.1) is 0 Å². The van der Waals surface area contributed by atoms with Crippen LogP contribution in [-0.2, 0) is 4.79 Å². The molecule has 32 heavy (non-hydrogen) atoms. The van der Waals surface area contributed by atoms with E-state index in [1.807, 2.05) is 66.6 Å². The minimum absolute atomic E-state index is 0.0141. The Bertz CT molecular complexity index is 870. The Balaban J connectivity index is 1.49. The third-order valence-corrected chi connectivity index (χ3v) is 6.24. The SMILES string of the molecule is CSCCC(NC(=O)c1cccc(C)c1)C(=O)N1CCN(CCOc2ccccc2)CC1. The fourth-order valence-corrected chi connectivity index (χ4v) is 4.21. The maximum atomic E-state index is 13.2. The number of amides is 2. The van der Waals surface area contributed by atoms with Crippen LogP contribution >= 0.6 is 11.8 Å². The molecule has 1 unspecified atom stereocenters. The van der Waals surface area contributed by atoms with Gasteiger partial charge in [-0.1, -0.05) is 35.9 Å². The zero-order valence-corrected chi connectivity index (χ0v) is 19.8. The summed E-state index contributed by atoms with van der Waals surface area (Å²) in [6, 6.07) is 16.8. The number of carbonyl (C=O) groups excluding carboxylic acids is 2. The Hall–Kier alpha value is -2.51. The average Bonchev–Trinajstić information content (AvgIpc) is 2.82. The number of hydrogen-bond donors (Lipinski definition) is 1. The highest BCUT2D eigenvalue weighted by Crippen LogP contribution is 2.12. The van der Waals surface area contributed by atoms with Gasteiger partial charge < -0.3 is 15.0 Å². The molecule has 1 atom stereocenters. The van der Waals surface area contributed by atoms with Crippen LogP contribution in [0.3, 0.4) is 0 Å². The fraction of sp³-hybridized carbons (Fsp3) is 0.440. The van der Waals surface area contributed by atoms with Gasteiger partial charge in [-0.3, -0.25) is 14.5 Å². The Morgan fingerprint density at radius 2 is 1.81 bits per heavy atom. The second-order valence-corrected chi connectivity index (χ2v) is 8.99. The molecule has 0 radical (unpaired) electrons. The number of nitrogens with zero attached hydrogens (tertiary/aromatic N) is 2. The monoisotopic (exact) mass is 455 g/mol. The summed E-state index contributed by atoms with van der Waals surface area (Å²) in [5.74, 6) is 1.52. The highest BCUT2D eigenvalue weighted by Gasteiger charge is 2.28. The van der Waals surface area contributed by atoms with Crippen LogP contribution in [0.4, 0.5) is 0 Å². The van der Waals surface area contributed by atoms with E-state index in [-0.39, 0.29) is 11.8 Å². The van der Waals surface area contributed by atoms with E-state index in [2.05, 4.69) is 10.2 Å². The number of ether oxygens (including phenoxy) is 1. The molecule has 0 aliphatic carbocycles. The molecular formula is C25H33N3O3S. The zero-order chi connectivity index (χ0) is 22.8. The molecule has 1 fully saturated rings. The van der Waals surface area contributed by atoms with Gasteiger partial charge in [0.2, 0.25) is 5.91 Å². The summed E-state index contributed by atoms with van der Waals surface area (Å²) in [7, 11) is 0. The summed E-state index contributed by atoms with van der Waals surface area (Å²) in [6.45, 7) is 6.37. The van der Waals surface area contributed by atoms with E-state index in [0.717, 1.165) is 36.7 Å². The first-order valence-electron chi connectivity index (χ1n) is 11.1. The lowest BCUT2D eigenvalue weighted by molar-refractivity contribution is -0.135. The van der Waals surface area contributed by atoms with E-state index in [1.165, 1.54) is 0 Å². The van der Waals surface area contributed by atoms with Gasteiger partial charge in [0, 0.05) is 38.3 Å². The number of rotatable bonds is 10. The van der Waals surface area contributed by atoms with Gasteiger partial charge >= 0.3 is 0 Å². The standard InChI is InChI=1S/C25H33N3O3S/c1-20-7-6-8-21(19-20)24(29)26-23(11-18-32-2)25(30)28-14-12-27(13-15-28)16-17-31-22-9-4-3-5-10-22/h3-10,19,23H,11-18H2,1-2H3,(H,26,29). The highest BCUT2D eigenvalue weighted by atomic mass is 32.2. The lowest BCUT2D eigenvalue weighted by Crippen LogP contribution is -2.55. The van der Waals surface area contributed by atoms with Gasteiger partial charge in [0.05, 0.1) is 0 Å². The van der Waals surface area contributed by atoms with Crippen molar-refractivity contribution in [1.29, 1.82) is 0 Å². The van der Waals surface area contributed by atoms with E-state index < -0.39 is 6.04 Å². The van der Waals surface area contributed by atoms with Crippen LogP contribution in [-0.4, -0.2) is 79.0 Å². The van der Waals surface area contributed by atoms with E-state index in [1.54, 1.807) is 17.8 Å². The predicted octanol–water partition coefficient (Wildman–Crippen LogP) is 3.07. The number of thioether (sulfide) groups is 1. The smallest absolute Gasteiger partial charge is 0.251 e. The van der Waals surface area contributed by atoms with Crippen LogP contribution in [0.15, 0.2) is 54.6 Å². The molecule has 1 aliphatic rings. The Kier molecular flexibility index (Phi) is 9.43. The molecule has 0 aromatic heterocycles. The molecule has 7 heteroatoms. The van der Waals surface area contributed by atoms with Crippen molar-refractivity contribution in [3.8, 4) is 5.75 Å². The van der Waals surface area contributed by atoms with Gasteiger partial charge in [0.15, 0.2) is 0 Å². The second-order valence-electron chi connectivity index (χ2n) is 8.01. The van der Waals surface area contributed by atoms with Gasteiger partial charge in [-0.25, -0.2) is 0 Å². The lowest BCUT2D eigenvalue weighted by atomic mass is 10.1. The maximum Gasteiger partial charge on any atom is 0.251 e. The van der Waals surface area contributed by atoms with E-state index in [4.69, 9.17) is 4.74 Å². The molecule has 2 aromatic rings. The minimum Gasteiger partial charge on any atom is -0.492 e. The molecule has 1 aliphatic heterocycles. The molecule has 2 aromatic carbocycles. The van der Waals surface area contributed by atoms with Crippen molar-refractivity contribution in [1.82, 2.24) is 15.1 Å². The first kappa shape index (κ1) is 24.1. The van der Waals surface area contributed by atoms with Crippen LogP contribution in [0.5, 0.6) is 5.75 Å². The van der Waals surface area contributed by atoms with Gasteiger partial charge in [0.25, 0.3) is 5.91 Å². The molecule has 6 nitrogen and oxygen atoms in total. The van der Waals surface area contributed by atoms with E-state index in [9.17, 15) is 9.59 Å². The highest BCUT2D eigenvalue weighted by molar-refractivity contribution is 7.98. The van der Waals surface area contributed by atoms with Crippen molar-refractivity contribution in [2.75, 3.05) is 51.3 Å². The number of aryl methyl sites for hydroxylation is 1. The van der Waals surface area contributed by atoms with Gasteiger partial charge in [0.1, 0.15) is 18.4 Å². The molecular weight excluding hydrogens is 422 g/mol. The van der Waals surface area contributed by atoms with Crippen molar-refractivity contribution in [2.45, 2.75) is 19.4 Å². The summed E-state index contributed by atoms with van der Waals surface area (Å²) < 4.78 is 5.79. The van der Waals surface area contributed by atoms with E-state index in [0.29, 0.717) is 31.7 Å². The van der Waals surface area contributed by atoms with Crippen LogP contribution in [0.2, 0.25) is 0 Å². The lowest BCUT2D eigenvalue weighted by Gasteiger charge is -2.36. The normalized spacial score (nSPS) is 15.2. The summed E-state index contributed by atoms with van der Waals surface area (Å²) in [5.41, 5.74) is 1.62. The number of para-hydroxylation sites is 1. The summed E-state index contributed by atoms with van der Waals surface area (Å²) in [6.07, 6.45) is 2.64. The summed E-state index contributed by atoms with van der Waals surface area (Å²) >= 11 is 1.68. The van der Waals surface area contributed by atoms with Crippen molar-refractivity contribution < 1.29 is 14.3 Å². The van der Waals surface area contributed by atoms with Crippen LogP contribution in [0.25, 0.3) is 0 Å². The second kappa shape index (κ2) is 12.5. The predicted molar refractivity (Wildman–Crippen MR) is 130 cm³/mol. The Morgan fingerprint density at radius 1 is 1.06 bits per heavy atom. The van der Waals surface area contributed by atoms with Crippen molar-refractivity contribution in [3.05, 3.63) is 65.7 Å². The molecule has 1 N–H and O–H groups in total. The Labute approximate surface area is 195 Å². The van der Waals surface area contributed by atoms with Crippen molar-refractivity contribution in [3.63, 3.8) is 0 Å². The summed E-state index contributed by atoms with van der Waals surface area (Å²) in [5, 5.41) is 2.98. The van der Waals surface area contributed by atoms with Crippen LogP contribution in [0.1, 0.15) is 22.3 Å². The molecule has 0 spiro atoms. The topological polar surface area (TPSA) is 61.9 Å². The minimum atomic E-state index is -0.497. The first-order chi connectivity index (χ1) is 15.6. The van der Waals surface area contributed by atoms with Gasteiger partial charge in [-0.2, -0.15) is 11.8 Å². The molecule has 1 saturated heterocycles. The number of hydrogen-bond acceptors (Lipinski definition) is 5. The number of carbonyl (C=O) groups is 2. The zero-order valence-electron chi connectivity index (χ0n) is 19.0. The number of piperazine rings is 1. The largest absolute Gasteiger partial charge is 0.492 e. The third kappa shape index (κ3) is 7.28. The number of benzene rings is 2. The molecule has 0 bridgehead atoms. The Morgan fingerprint density at radius 3 is 2.50 bits per heavy atom. The van der Waals surface area contributed by atoms with Crippen molar-refractivity contribution in [2.24, 2.45) is 0 Å². The van der Waals surface area contributed by atoms with Crippen LogP contribution < -0.4 is 10.1 Å². The molecule has 3 rings (SSSR count). The van der Waals surface area contributed by atoms with Crippen LogP contribution in [0, 0.1) is 6.92 Å². The molecule has 0 saturated carbocycles. The third-order valence-electron chi connectivity index (χ3n) is 5.60. The number of nitrogens with one attached hydrogen (secondary N) is 1. The summed E-state index contributed by atoms with van der Waals surface area (Å²) in [4.78, 5) is 30.1. The molecule has 172 valence electrons. The van der Waals surface area contributed by atoms with Crippen molar-refractivity contribution >= 4 is 23.6 Å². The van der Waals surface area contributed by atoms with E-state index >= 15 is 0 Å². The molecule has 2 amide bonds. The first-order valence-corrected chi connectivity index (χ1v) is 12.5. The van der Waals surface area contributed by atoms with Gasteiger partial charge in [-0.05, 0) is 49.6 Å². The molecule has 1 heterocycles.